The predicted octanol–water partition coefficient (Wildman–Crippen LogP) is 2.92. The average Bonchev–Trinajstić information content (AvgIpc) is 2.84. The molecule has 0 aliphatic heterocycles. The van der Waals surface area contributed by atoms with Crippen LogP contribution >= 0.6 is 11.3 Å². The standard InChI is InChI=1S/C12H12N4O4S/c1-8-7-21-12(14-8)4-5-13-10-3-2-9(15(17)18)6-11(10)16(19)20/h2-3,6-7,13H,4-5H2,1H3. The highest BCUT2D eigenvalue weighted by Crippen LogP contribution is 2.28. The van der Waals surface area contributed by atoms with Gasteiger partial charge in [0.05, 0.1) is 20.9 Å². The number of rotatable bonds is 6. The minimum absolute atomic E-state index is 0.263. The van der Waals surface area contributed by atoms with E-state index < -0.39 is 9.85 Å². The SMILES string of the molecule is Cc1csc(CCNc2ccc([N+](=O)[O-])cc2[N+](=O)[O-])n1. The number of thiazole rings is 1. The van der Waals surface area contributed by atoms with Crippen LogP contribution in [0.4, 0.5) is 17.1 Å². The molecule has 0 spiro atoms. The zero-order chi connectivity index (χ0) is 15.4. The van der Waals surface area contributed by atoms with Gasteiger partial charge >= 0.3 is 0 Å². The molecule has 0 radical (unpaired) electrons. The van der Waals surface area contributed by atoms with Crippen molar-refractivity contribution >= 4 is 28.4 Å². The Bertz CT molecular complexity index is 686. The maximum absolute atomic E-state index is 11.0. The maximum atomic E-state index is 11.0. The number of aromatic nitrogens is 1. The number of nitrogens with one attached hydrogen (secondary N) is 1. The summed E-state index contributed by atoms with van der Waals surface area (Å²) in [5, 5.41) is 27.4. The van der Waals surface area contributed by atoms with Gasteiger partial charge in [-0.15, -0.1) is 11.3 Å². The van der Waals surface area contributed by atoms with Crippen molar-refractivity contribution in [1.29, 1.82) is 0 Å². The third kappa shape index (κ3) is 3.72. The first-order chi connectivity index (χ1) is 9.97. The van der Waals surface area contributed by atoms with Gasteiger partial charge in [-0.1, -0.05) is 0 Å². The van der Waals surface area contributed by atoms with Gasteiger partial charge in [0.1, 0.15) is 5.69 Å². The van der Waals surface area contributed by atoms with Crippen LogP contribution in [0.3, 0.4) is 0 Å². The van der Waals surface area contributed by atoms with Gasteiger partial charge in [-0.2, -0.15) is 0 Å². The highest BCUT2D eigenvalue weighted by atomic mass is 32.1. The Kier molecular flexibility index (Phi) is 4.43. The van der Waals surface area contributed by atoms with E-state index in [1.54, 1.807) is 0 Å². The number of anilines is 1. The molecular formula is C12H12N4O4S. The van der Waals surface area contributed by atoms with E-state index in [4.69, 9.17) is 0 Å². The monoisotopic (exact) mass is 308 g/mol. The molecule has 9 heteroatoms. The fourth-order valence-corrected chi connectivity index (χ4v) is 2.53. The Morgan fingerprint density at radius 1 is 1.29 bits per heavy atom. The van der Waals surface area contributed by atoms with Crippen LogP contribution in [-0.4, -0.2) is 21.4 Å². The van der Waals surface area contributed by atoms with Crippen molar-refractivity contribution < 1.29 is 9.85 Å². The minimum atomic E-state index is -0.658. The van der Waals surface area contributed by atoms with Crippen LogP contribution < -0.4 is 5.32 Å². The lowest BCUT2D eigenvalue weighted by molar-refractivity contribution is -0.393. The molecule has 0 atom stereocenters. The largest absolute Gasteiger partial charge is 0.379 e. The lowest BCUT2D eigenvalue weighted by atomic mass is 10.2. The molecular weight excluding hydrogens is 296 g/mol. The molecule has 0 saturated heterocycles. The second-order valence-electron chi connectivity index (χ2n) is 4.28. The number of nitro benzene ring substituents is 2. The highest BCUT2D eigenvalue weighted by molar-refractivity contribution is 7.09. The quantitative estimate of drug-likeness (QED) is 0.648. The van der Waals surface area contributed by atoms with Crippen molar-refractivity contribution in [2.24, 2.45) is 0 Å². The molecule has 0 saturated carbocycles. The maximum Gasteiger partial charge on any atom is 0.299 e. The van der Waals surface area contributed by atoms with Gasteiger partial charge in [0, 0.05) is 30.1 Å². The fourth-order valence-electron chi connectivity index (χ4n) is 1.76. The second-order valence-corrected chi connectivity index (χ2v) is 5.22. The van der Waals surface area contributed by atoms with Crippen molar-refractivity contribution in [3.05, 3.63) is 54.5 Å². The number of hydrogen-bond donors (Lipinski definition) is 1. The van der Waals surface area contributed by atoms with Crippen molar-refractivity contribution in [3.63, 3.8) is 0 Å². The number of nitro groups is 2. The third-order valence-corrected chi connectivity index (χ3v) is 3.74. The van der Waals surface area contributed by atoms with Gasteiger partial charge in [0.15, 0.2) is 0 Å². The molecule has 21 heavy (non-hydrogen) atoms. The molecule has 1 aromatic carbocycles. The summed E-state index contributed by atoms with van der Waals surface area (Å²) in [4.78, 5) is 24.6. The molecule has 0 unspecified atom stereocenters. The molecule has 0 fully saturated rings. The van der Waals surface area contributed by atoms with E-state index in [0.717, 1.165) is 16.8 Å². The fraction of sp³-hybridized carbons (Fsp3) is 0.250. The Morgan fingerprint density at radius 2 is 2.05 bits per heavy atom. The smallest absolute Gasteiger partial charge is 0.299 e. The molecule has 0 bridgehead atoms. The van der Waals surface area contributed by atoms with Gasteiger partial charge in [-0.05, 0) is 13.0 Å². The van der Waals surface area contributed by atoms with Crippen LogP contribution in [0, 0.1) is 27.2 Å². The summed E-state index contributed by atoms with van der Waals surface area (Å²) >= 11 is 1.53. The summed E-state index contributed by atoms with van der Waals surface area (Å²) in [5.41, 5.74) is 0.595. The van der Waals surface area contributed by atoms with Crippen LogP contribution in [0.2, 0.25) is 0 Å². The van der Waals surface area contributed by atoms with E-state index in [-0.39, 0.29) is 17.1 Å². The molecule has 110 valence electrons. The van der Waals surface area contributed by atoms with E-state index in [1.807, 2.05) is 12.3 Å². The lowest BCUT2D eigenvalue weighted by Gasteiger charge is -2.05. The van der Waals surface area contributed by atoms with Crippen molar-refractivity contribution in [3.8, 4) is 0 Å². The van der Waals surface area contributed by atoms with E-state index in [2.05, 4.69) is 10.3 Å². The topological polar surface area (TPSA) is 111 Å². The van der Waals surface area contributed by atoms with Crippen LogP contribution in [0.15, 0.2) is 23.6 Å². The first kappa shape index (κ1) is 14.9. The molecule has 0 aliphatic carbocycles. The van der Waals surface area contributed by atoms with Gasteiger partial charge < -0.3 is 5.32 Å². The second kappa shape index (κ2) is 6.27. The summed E-state index contributed by atoms with van der Waals surface area (Å²) < 4.78 is 0. The van der Waals surface area contributed by atoms with Gasteiger partial charge in [-0.25, -0.2) is 4.98 Å². The Labute approximate surface area is 123 Å². The first-order valence-corrected chi connectivity index (χ1v) is 6.93. The zero-order valence-corrected chi connectivity index (χ0v) is 11.9. The van der Waals surface area contributed by atoms with E-state index in [9.17, 15) is 20.2 Å². The van der Waals surface area contributed by atoms with E-state index >= 15 is 0 Å². The summed E-state index contributed by atoms with van der Waals surface area (Å²) in [7, 11) is 0. The van der Waals surface area contributed by atoms with Gasteiger partial charge in [-0.3, -0.25) is 20.2 Å². The Morgan fingerprint density at radius 3 is 2.62 bits per heavy atom. The first-order valence-electron chi connectivity index (χ1n) is 6.05. The summed E-state index contributed by atoms with van der Waals surface area (Å²) in [6.07, 6.45) is 0.632. The van der Waals surface area contributed by atoms with Crippen LogP contribution in [0.25, 0.3) is 0 Å². The minimum Gasteiger partial charge on any atom is -0.379 e. The van der Waals surface area contributed by atoms with Crippen LogP contribution in [-0.2, 0) is 6.42 Å². The summed E-state index contributed by atoms with van der Waals surface area (Å²) in [6, 6.07) is 3.54. The van der Waals surface area contributed by atoms with Crippen molar-refractivity contribution in [2.45, 2.75) is 13.3 Å². The van der Waals surface area contributed by atoms with Crippen molar-refractivity contribution in [1.82, 2.24) is 4.98 Å². The Hall–Kier alpha value is -2.55. The number of aryl methyl sites for hydroxylation is 1. The van der Waals surface area contributed by atoms with Crippen LogP contribution in [0.5, 0.6) is 0 Å². The number of hydrogen-bond acceptors (Lipinski definition) is 7. The number of nitrogens with zero attached hydrogens (tertiary/aromatic N) is 3. The third-order valence-electron chi connectivity index (χ3n) is 2.71. The Balaban J connectivity index is 2.08. The molecule has 1 heterocycles. The molecule has 0 amide bonds. The molecule has 2 rings (SSSR count). The normalized spacial score (nSPS) is 10.3. The van der Waals surface area contributed by atoms with Crippen molar-refractivity contribution in [2.75, 3.05) is 11.9 Å². The number of non-ortho nitro benzene ring substituents is 1. The average molecular weight is 308 g/mol. The zero-order valence-electron chi connectivity index (χ0n) is 11.1. The van der Waals surface area contributed by atoms with Gasteiger partial charge in [0.2, 0.25) is 0 Å². The van der Waals surface area contributed by atoms with Crippen LogP contribution in [0.1, 0.15) is 10.7 Å². The predicted molar refractivity (Wildman–Crippen MR) is 78.8 cm³/mol. The van der Waals surface area contributed by atoms with E-state index in [0.29, 0.717) is 13.0 Å². The summed E-state index contributed by atoms with van der Waals surface area (Å²) in [5.74, 6) is 0. The highest BCUT2D eigenvalue weighted by Gasteiger charge is 2.19. The lowest BCUT2D eigenvalue weighted by Crippen LogP contribution is -2.07. The molecule has 8 nitrogen and oxygen atoms in total. The van der Waals surface area contributed by atoms with E-state index in [1.165, 1.54) is 23.5 Å². The number of benzene rings is 1. The molecule has 1 aromatic heterocycles. The summed E-state index contributed by atoms with van der Waals surface area (Å²) in [6.45, 7) is 2.36. The molecule has 2 aromatic rings. The molecule has 0 aliphatic rings. The molecule has 1 N–H and O–H groups in total. The van der Waals surface area contributed by atoms with Gasteiger partial charge in [0.25, 0.3) is 11.4 Å².